The lowest BCUT2D eigenvalue weighted by Gasteiger charge is -2.33. The molecule has 0 atom stereocenters. The highest BCUT2D eigenvalue weighted by atomic mass is 16.5. The van der Waals surface area contributed by atoms with Gasteiger partial charge in [-0.1, -0.05) is 37.5 Å². The van der Waals surface area contributed by atoms with Crippen molar-refractivity contribution < 1.29 is 9.53 Å². The van der Waals surface area contributed by atoms with Crippen molar-refractivity contribution in [1.29, 1.82) is 0 Å². The maximum absolute atomic E-state index is 12.4. The van der Waals surface area contributed by atoms with Crippen LogP contribution in [0, 0.1) is 5.41 Å². The summed E-state index contributed by atoms with van der Waals surface area (Å²) in [6.07, 6.45) is 10.8. The second kappa shape index (κ2) is 6.55. The fraction of sp³-hybridized carbons (Fsp3) is 0.526. The van der Waals surface area contributed by atoms with Crippen molar-refractivity contribution in [2.75, 3.05) is 7.11 Å². The van der Waals surface area contributed by atoms with E-state index in [2.05, 4.69) is 11.4 Å². The average Bonchev–Trinajstić information content (AvgIpc) is 2.97. The quantitative estimate of drug-likeness (QED) is 0.913. The van der Waals surface area contributed by atoms with Crippen LogP contribution in [0.4, 0.5) is 0 Å². The number of nitrogens with one attached hydrogen (secondary N) is 1. The number of ether oxygens (including phenoxy) is 1. The Kier molecular flexibility index (Phi) is 4.51. The zero-order chi connectivity index (χ0) is 15.4. The van der Waals surface area contributed by atoms with E-state index < -0.39 is 0 Å². The molecule has 0 radical (unpaired) electrons. The summed E-state index contributed by atoms with van der Waals surface area (Å²) in [5.41, 5.74) is 2.46. The third kappa shape index (κ3) is 3.34. The Morgan fingerprint density at radius 1 is 1.27 bits per heavy atom. The van der Waals surface area contributed by atoms with Gasteiger partial charge in [0.15, 0.2) is 0 Å². The lowest BCUT2D eigenvalue weighted by molar-refractivity contribution is -0.117. The van der Waals surface area contributed by atoms with Gasteiger partial charge in [0.25, 0.3) is 0 Å². The number of hydrogen-bond donors (Lipinski definition) is 1. The highest BCUT2D eigenvalue weighted by molar-refractivity contribution is 5.94. The molecule has 0 aromatic heterocycles. The molecule has 0 heterocycles. The Morgan fingerprint density at radius 2 is 2.09 bits per heavy atom. The molecule has 22 heavy (non-hydrogen) atoms. The first-order valence-corrected chi connectivity index (χ1v) is 8.31. The molecule has 1 aromatic carbocycles. The molecule has 3 rings (SSSR count). The summed E-state index contributed by atoms with van der Waals surface area (Å²) in [5.74, 6) is 0.929. The van der Waals surface area contributed by atoms with Gasteiger partial charge in [-0.25, -0.2) is 0 Å². The molecule has 0 aliphatic heterocycles. The van der Waals surface area contributed by atoms with Gasteiger partial charge in [0.2, 0.25) is 5.91 Å². The second-order valence-corrected chi connectivity index (χ2v) is 6.71. The van der Waals surface area contributed by atoms with Crippen LogP contribution in [-0.4, -0.2) is 13.0 Å². The minimum absolute atomic E-state index is 0.102. The average molecular weight is 299 g/mol. The lowest BCUT2D eigenvalue weighted by atomic mass is 9.72. The Bertz CT molecular complexity index is 571. The van der Waals surface area contributed by atoms with Gasteiger partial charge in [0.1, 0.15) is 5.75 Å². The topological polar surface area (TPSA) is 38.3 Å². The number of amides is 1. The van der Waals surface area contributed by atoms with Gasteiger partial charge in [0, 0.05) is 12.1 Å². The molecule has 1 amide bonds. The van der Waals surface area contributed by atoms with Gasteiger partial charge in [0.05, 0.1) is 7.11 Å². The minimum Gasteiger partial charge on any atom is -0.497 e. The third-order valence-electron chi connectivity index (χ3n) is 5.14. The van der Waals surface area contributed by atoms with E-state index in [0.29, 0.717) is 12.0 Å². The van der Waals surface area contributed by atoms with Gasteiger partial charge in [-0.15, -0.1) is 0 Å². The molecular weight excluding hydrogens is 274 g/mol. The van der Waals surface area contributed by atoms with Crippen LogP contribution in [-0.2, 0) is 11.3 Å². The highest BCUT2D eigenvalue weighted by Gasteiger charge is 2.37. The van der Waals surface area contributed by atoms with Crippen LogP contribution in [0.1, 0.15) is 50.5 Å². The van der Waals surface area contributed by atoms with Crippen molar-refractivity contribution in [1.82, 2.24) is 5.32 Å². The second-order valence-electron chi connectivity index (χ2n) is 6.71. The van der Waals surface area contributed by atoms with Crippen LogP contribution in [0.25, 0.3) is 0 Å². The first-order valence-electron chi connectivity index (χ1n) is 8.31. The predicted octanol–water partition coefficient (Wildman–Crippen LogP) is 3.98. The molecule has 0 saturated heterocycles. The summed E-state index contributed by atoms with van der Waals surface area (Å²) in [5, 5.41) is 3.05. The van der Waals surface area contributed by atoms with E-state index >= 15 is 0 Å². The van der Waals surface area contributed by atoms with Crippen molar-refractivity contribution in [2.24, 2.45) is 5.41 Å². The number of benzene rings is 1. The van der Waals surface area contributed by atoms with E-state index in [0.717, 1.165) is 29.7 Å². The molecule has 1 fully saturated rings. The van der Waals surface area contributed by atoms with Crippen LogP contribution in [0.3, 0.4) is 0 Å². The normalized spacial score (nSPS) is 19.8. The van der Waals surface area contributed by atoms with Gasteiger partial charge in [-0.2, -0.15) is 0 Å². The maximum Gasteiger partial charge on any atom is 0.247 e. The molecule has 1 spiro atoms. The smallest absolute Gasteiger partial charge is 0.247 e. The molecule has 3 heteroatoms. The van der Waals surface area contributed by atoms with Crippen molar-refractivity contribution in [3.8, 4) is 5.75 Å². The first kappa shape index (κ1) is 15.1. The van der Waals surface area contributed by atoms with Crippen molar-refractivity contribution in [3.63, 3.8) is 0 Å². The molecule has 2 aliphatic carbocycles. The van der Waals surface area contributed by atoms with Gasteiger partial charge < -0.3 is 10.1 Å². The van der Waals surface area contributed by atoms with Crippen molar-refractivity contribution in [2.45, 2.75) is 51.5 Å². The standard InChI is InChI=1S/C19H25NO2/c1-22-17-7-5-6-15(12-17)14-20-18(21)16-8-11-19(13-16)9-3-2-4-10-19/h5-8,12H,2-4,9-11,13-14H2,1H3,(H,20,21). The van der Waals surface area contributed by atoms with E-state index in [1.807, 2.05) is 24.3 Å². The predicted molar refractivity (Wildman–Crippen MR) is 87.7 cm³/mol. The molecule has 1 N–H and O–H groups in total. The number of carbonyl (C=O) groups is 1. The van der Waals surface area contributed by atoms with Gasteiger partial charge in [-0.05, 0) is 48.8 Å². The zero-order valence-corrected chi connectivity index (χ0v) is 13.4. The number of methoxy groups -OCH3 is 1. The van der Waals surface area contributed by atoms with E-state index in [1.54, 1.807) is 7.11 Å². The monoisotopic (exact) mass is 299 g/mol. The fourth-order valence-corrected chi connectivity index (χ4v) is 3.82. The van der Waals surface area contributed by atoms with E-state index in [9.17, 15) is 4.79 Å². The number of allylic oxidation sites excluding steroid dienone is 1. The maximum atomic E-state index is 12.4. The van der Waals surface area contributed by atoms with Crippen LogP contribution in [0.15, 0.2) is 35.9 Å². The fourth-order valence-electron chi connectivity index (χ4n) is 3.82. The Labute approximate surface area is 132 Å². The Hall–Kier alpha value is -1.77. The number of hydrogen-bond acceptors (Lipinski definition) is 2. The SMILES string of the molecule is COc1cccc(CNC(=O)C2=CCC3(CCCCC3)C2)c1. The third-order valence-corrected chi connectivity index (χ3v) is 5.14. The van der Waals surface area contributed by atoms with E-state index in [1.165, 1.54) is 32.1 Å². The van der Waals surface area contributed by atoms with Crippen molar-refractivity contribution >= 4 is 5.91 Å². The first-order chi connectivity index (χ1) is 10.7. The van der Waals surface area contributed by atoms with Gasteiger partial charge >= 0.3 is 0 Å². The molecule has 2 aliphatic rings. The summed E-state index contributed by atoms with van der Waals surface area (Å²) in [4.78, 5) is 12.4. The van der Waals surface area contributed by atoms with Crippen LogP contribution >= 0.6 is 0 Å². The summed E-state index contributed by atoms with van der Waals surface area (Å²) < 4.78 is 5.21. The zero-order valence-electron chi connectivity index (χ0n) is 13.4. The Morgan fingerprint density at radius 3 is 2.86 bits per heavy atom. The number of rotatable bonds is 4. The molecule has 118 valence electrons. The van der Waals surface area contributed by atoms with Gasteiger partial charge in [-0.3, -0.25) is 4.79 Å². The summed E-state index contributed by atoms with van der Waals surface area (Å²) in [6, 6.07) is 7.84. The van der Waals surface area contributed by atoms with Crippen LogP contribution in [0.2, 0.25) is 0 Å². The van der Waals surface area contributed by atoms with E-state index in [4.69, 9.17) is 4.74 Å². The molecule has 0 bridgehead atoms. The summed E-state index contributed by atoms with van der Waals surface area (Å²) in [6.45, 7) is 0.556. The molecule has 1 aromatic rings. The summed E-state index contributed by atoms with van der Waals surface area (Å²) >= 11 is 0. The molecule has 0 unspecified atom stereocenters. The van der Waals surface area contributed by atoms with Crippen molar-refractivity contribution in [3.05, 3.63) is 41.5 Å². The summed E-state index contributed by atoms with van der Waals surface area (Å²) in [7, 11) is 1.66. The highest BCUT2D eigenvalue weighted by Crippen LogP contribution is 2.48. The number of carbonyl (C=O) groups excluding carboxylic acids is 1. The molecule has 1 saturated carbocycles. The lowest BCUT2D eigenvalue weighted by Crippen LogP contribution is -2.27. The van der Waals surface area contributed by atoms with Crippen LogP contribution < -0.4 is 10.1 Å². The van der Waals surface area contributed by atoms with Crippen LogP contribution in [0.5, 0.6) is 5.75 Å². The largest absolute Gasteiger partial charge is 0.497 e. The molecular formula is C19H25NO2. The van der Waals surface area contributed by atoms with E-state index in [-0.39, 0.29) is 5.91 Å². The minimum atomic E-state index is 0.102. The molecule has 3 nitrogen and oxygen atoms in total. The Balaban J connectivity index is 1.54.